The van der Waals surface area contributed by atoms with Crippen LogP contribution in [-0.2, 0) is 14.3 Å². The van der Waals surface area contributed by atoms with Crippen LogP contribution in [0, 0.1) is 11.3 Å². The molecule has 1 aliphatic carbocycles. The Balaban J connectivity index is 2.29. The van der Waals surface area contributed by atoms with Crippen molar-refractivity contribution in [2.24, 2.45) is 11.3 Å². The van der Waals surface area contributed by atoms with Gasteiger partial charge in [-0.05, 0) is 43.9 Å². The second-order valence-electron chi connectivity index (χ2n) is 5.78. The Morgan fingerprint density at radius 2 is 1.75 bits per heavy atom. The molecule has 1 aliphatic rings. The van der Waals surface area contributed by atoms with Crippen molar-refractivity contribution >= 4 is 6.47 Å². The molecule has 0 bridgehead atoms. The van der Waals surface area contributed by atoms with E-state index in [0.717, 1.165) is 18.8 Å². The van der Waals surface area contributed by atoms with E-state index >= 15 is 0 Å². The second-order valence-corrected chi connectivity index (χ2v) is 5.78. The number of hydrogen-bond donors (Lipinski definition) is 0. The standard InChI is InChI=1S/C13H24O3/c1-10(15-9-14)16-12-7-5-11(6-8-12)13(2,3)4/h9-12H,5-8H2,1-4H3. The first-order chi connectivity index (χ1) is 7.43. The van der Waals surface area contributed by atoms with E-state index in [1.54, 1.807) is 6.92 Å². The topological polar surface area (TPSA) is 35.5 Å². The van der Waals surface area contributed by atoms with E-state index in [4.69, 9.17) is 9.47 Å². The van der Waals surface area contributed by atoms with E-state index in [1.807, 2.05) is 0 Å². The summed E-state index contributed by atoms with van der Waals surface area (Å²) in [5.74, 6) is 0.787. The lowest BCUT2D eigenvalue weighted by Gasteiger charge is -2.37. The molecule has 94 valence electrons. The minimum absolute atomic E-state index is 0.258. The van der Waals surface area contributed by atoms with Crippen molar-refractivity contribution in [3.05, 3.63) is 0 Å². The summed E-state index contributed by atoms with van der Waals surface area (Å²) < 4.78 is 10.4. The van der Waals surface area contributed by atoms with Gasteiger partial charge in [0.15, 0.2) is 6.29 Å². The number of ether oxygens (including phenoxy) is 2. The number of carbonyl (C=O) groups is 1. The molecule has 0 radical (unpaired) electrons. The van der Waals surface area contributed by atoms with Gasteiger partial charge in [0.25, 0.3) is 6.47 Å². The molecule has 0 amide bonds. The average Bonchev–Trinajstić information content (AvgIpc) is 2.17. The summed E-state index contributed by atoms with van der Waals surface area (Å²) >= 11 is 0. The highest BCUT2D eigenvalue weighted by Gasteiger charge is 2.30. The molecule has 0 aromatic carbocycles. The normalized spacial score (nSPS) is 28.5. The molecule has 16 heavy (non-hydrogen) atoms. The maximum absolute atomic E-state index is 10.1. The number of hydrogen-bond acceptors (Lipinski definition) is 3. The van der Waals surface area contributed by atoms with Crippen molar-refractivity contribution in [2.45, 2.75) is 65.8 Å². The third-order valence-electron chi connectivity index (χ3n) is 3.53. The van der Waals surface area contributed by atoms with Gasteiger partial charge in [0.2, 0.25) is 0 Å². The summed E-state index contributed by atoms with van der Waals surface area (Å²) in [6.07, 6.45) is 4.43. The Hall–Kier alpha value is -0.570. The fraction of sp³-hybridized carbons (Fsp3) is 0.923. The van der Waals surface area contributed by atoms with Gasteiger partial charge in [0, 0.05) is 0 Å². The highest BCUT2D eigenvalue weighted by atomic mass is 16.7. The monoisotopic (exact) mass is 228 g/mol. The molecule has 0 aromatic rings. The minimum Gasteiger partial charge on any atom is -0.438 e. The maximum atomic E-state index is 10.1. The Bertz CT molecular complexity index is 212. The van der Waals surface area contributed by atoms with Crippen molar-refractivity contribution in [3.63, 3.8) is 0 Å². The molecule has 1 saturated carbocycles. The van der Waals surface area contributed by atoms with Gasteiger partial charge in [-0.25, -0.2) is 0 Å². The van der Waals surface area contributed by atoms with Crippen molar-refractivity contribution < 1.29 is 14.3 Å². The zero-order valence-electron chi connectivity index (χ0n) is 10.9. The van der Waals surface area contributed by atoms with E-state index in [1.165, 1.54) is 12.8 Å². The van der Waals surface area contributed by atoms with E-state index < -0.39 is 6.29 Å². The van der Waals surface area contributed by atoms with Gasteiger partial charge < -0.3 is 9.47 Å². The van der Waals surface area contributed by atoms with Crippen molar-refractivity contribution in [3.8, 4) is 0 Å². The second kappa shape index (κ2) is 5.67. The lowest BCUT2D eigenvalue weighted by atomic mass is 9.72. The number of carbonyl (C=O) groups excluding carboxylic acids is 1. The van der Waals surface area contributed by atoms with Gasteiger partial charge in [0.05, 0.1) is 6.10 Å². The Labute approximate surface area is 98.5 Å². The van der Waals surface area contributed by atoms with Crippen molar-refractivity contribution in [1.29, 1.82) is 0 Å². The summed E-state index contributed by atoms with van der Waals surface area (Å²) in [6.45, 7) is 9.13. The van der Waals surface area contributed by atoms with E-state index in [0.29, 0.717) is 11.9 Å². The average molecular weight is 228 g/mol. The van der Waals surface area contributed by atoms with Gasteiger partial charge in [-0.1, -0.05) is 20.8 Å². The van der Waals surface area contributed by atoms with Crippen LogP contribution < -0.4 is 0 Å². The number of rotatable bonds is 4. The fourth-order valence-electron chi connectivity index (χ4n) is 2.45. The van der Waals surface area contributed by atoms with Crippen LogP contribution in [0.2, 0.25) is 0 Å². The Morgan fingerprint density at radius 1 is 1.19 bits per heavy atom. The molecule has 0 spiro atoms. The zero-order chi connectivity index (χ0) is 12.2. The van der Waals surface area contributed by atoms with Crippen LogP contribution in [0.3, 0.4) is 0 Å². The third-order valence-corrected chi connectivity index (χ3v) is 3.53. The Morgan fingerprint density at radius 3 is 2.19 bits per heavy atom. The summed E-state index contributed by atoms with van der Waals surface area (Å²) in [5, 5.41) is 0. The summed E-state index contributed by atoms with van der Waals surface area (Å²) in [5.41, 5.74) is 0.399. The fourth-order valence-corrected chi connectivity index (χ4v) is 2.45. The van der Waals surface area contributed by atoms with E-state index in [2.05, 4.69) is 20.8 Å². The summed E-state index contributed by atoms with van der Waals surface area (Å²) in [7, 11) is 0. The lowest BCUT2D eigenvalue weighted by Crippen LogP contribution is -2.31. The van der Waals surface area contributed by atoms with Crippen LogP contribution in [0.4, 0.5) is 0 Å². The predicted octanol–water partition coefficient (Wildman–Crippen LogP) is 3.13. The molecule has 3 heteroatoms. The van der Waals surface area contributed by atoms with Gasteiger partial charge in [-0.3, -0.25) is 4.79 Å². The molecule has 1 rings (SSSR count). The first-order valence-corrected chi connectivity index (χ1v) is 6.18. The van der Waals surface area contributed by atoms with Gasteiger partial charge in [-0.15, -0.1) is 0 Å². The molecule has 1 atom stereocenters. The highest BCUT2D eigenvalue weighted by molar-refractivity contribution is 5.37. The van der Waals surface area contributed by atoms with E-state index in [9.17, 15) is 4.79 Å². The summed E-state index contributed by atoms with van der Waals surface area (Å²) in [6, 6.07) is 0. The first-order valence-electron chi connectivity index (χ1n) is 6.18. The molecule has 3 nitrogen and oxygen atoms in total. The predicted molar refractivity (Wildman–Crippen MR) is 62.9 cm³/mol. The molecular formula is C13H24O3. The molecule has 0 aromatic heterocycles. The SMILES string of the molecule is CC(OC=O)OC1CCC(C(C)(C)C)CC1. The minimum atomic E-state index is -0.409. The molecule has 1 fully saturated rings. The molecular weight excluding hydrogens is 204 g/mol. The molecule has 1 unspecified atom stereocenters. The van der Waals surface area contributed by atoms with Crippen molar-refractivity contribution in [2.75, 3.05) is 0 Å². The van der Waals surface area contributed by atoms with Crippen LogP contribution >= 0.6 is 0 Å². The molecule has 0 saturated heterocycles. The highest BCUT2D eigenvalue weighted by Crippen LogP contribution is 2.38. The van der Waals surface area contributed by atoms with Crippen LogP contribution in [0.5, 0.6) is 0 Å². The first kappa shape index (κ1) is 13.5. The van der Waals surface area contributed by atoms with Crippen LogP contribution in [0.15, 0.2) is 0 Å². The quantitative estimate of drug-likeness (QED) is 0.548. The maximum Gasteiger partial charge on any atom is 0.295 e. The van der Waals surface area contributed by atoms with Crippen molar-refractivity contribution in [1.82, 2.24) is 0 Å². The molecule has 0 N–H and O–H groups in total. The molecule has 0 aliphatic heterocycles. The Kier molecular flexibility index (Phi) is 4.78. The summed E-state index contributed by atoms with van der Waals surface area (Å²) in [4.78, 5) is 10.1. The lowest BCUT2D eigenvalue weighted by molar-refractivity contribution is -0.175. The van der Waals surface area contributed by atoms with Crippen LogP contribution in [0.1, 0.15) is 53.4 Å². The zero-order valence-corrected chi connectivity index (χ0v) is 10.9. The van der Waals surface area contributed by atoms with E-state index in [-0.39, 0.29) is 6.10 Å². The van der Waals surface area contributed by atoms with Gasteiger partial charge in [-0.2, -0.15) is 0 Å². The van der Waals surface area contributed by atoms with Gasteiger partial charge in [0.1, 0.15) is 0 Å². The smallest absolute Gasteiger partial charge is 0.295 e. The van der Waals surface area contributed by atoms with Gasteiger partial charge >= 0.3 is 0 Å². The largest absolute Gasteiger partial charge is 0.438 e. The van der Waals surface area contributed by atoms with Crippen LogP contribution in [0.25, 0.3) is 0 Å². The third kappa shape index (κ3) is 4.12. The molecule has 0 heterocycles. The van der Waals surface area contributed by atoms with Crippen LogP contribution in [-0.4, -0.2) is 18.9 Å².